The molecule has 5 nitrogen and oxygen atoms in total. The zero-order chi connectivity index (χ0) is 13.3. The van der Waals surface area contributed by atoms with E-state index in [0.29, 0.717) is 12.8 Å². The number of carbonyl (C=O) groups is 1. The average Bonchev–Trinajstić information content (AvgIpc) is 2.78. The monoisotopic (exact) mass is 269 g/mol. The first-order valence-corrected chi connectivity index (χ1v) is 7.18. The van der Waals surface area contributed by atoms with Crippen LogP contribution >= 0.6 is 0 Å². The molecular weight excluding hydrogens is 254 g/mol. The fourth-order valence-electron chi connectivity index (χ4n) is 2.19. The molecule has 1 aromatic rings. The van der Waals surface area contributed by atoms with Crippen LogP contribution in [0, 0.1) is 6.92 Å². The second-order valence-corrected chi connectivity index (χ2v) is 6.32. The molecule has 0 radical (unpaired) electrons. The third kappa shape index (κ3) is 2.26. The maximum Gasteiger partial charge on any atom is 0.322 e. The van der Waals surface area contributed by atoms with Crippen LogP contribution in [0.1, 0.15) is 18.4 Å². The number of aliphatic carboxylic acids is 1. The maximum absolute atomic E-state index is 12.4. The van der Waals surface area contributed by atoms with Crippen molar-refractivity contribution in [2.75, 3.05) is 6.54 Å². The van der Waals surface area contributed by atoms with Crippen molar-refractivity contribution in [3.63, 3.8) is 0 Å². The van der Waals surface area contributed by atoms with Crippen LogP contribution < -0.4 is 0 Å². The summed E-state index contributed by atoms with van der Waals surface area (Å²) in [5, 5.41) is 9.04. The van der Waals surface area contributed by atoms with Gasteiger partial charge in [0.15, 0.2) is 0 Å². The van der Waals surface area contributed by atoms with E-state index in [-0.39, 0.29) is 11.4 Å². The van der Waals surface area contributed by atoms with Crippen molar-refractivity contribution in [2.45, 2.75) is 30.7 Å². The smallest absolute Gasteiger partial charge is 0.322 e. The topological polar surface area (TPSA) is 74.7 Å². The van der Waals surface area contributed by atoms with Crippen LogP contribution in [0.4, 0.5) is 0 Å². The predicted molar refractivity (Wildman–Crippen MR) is 65.7 cm³/mol. The normalized spacial score (nSPS) is 21.1. The molecule has 0 aliphatic carbocycles. The number of sulfonamides is 1. The Kier molecular flexibility index (Phi) is 3.41. The second-order valence-electron chi connectivity index (χ2n) is 4.43. The molecule has 1 atom stereocenters. The Balaban J connectivity index is 2.40. The summed E-state index contributed by atoms with van der Waals surface area (Å²) in [5.74, 6) is -1.08. The number of hydrogen-bond acceptors (Lipinski definition) is 3. The van der Waals surface area contributed by atoms with Gasteiger partial charge in [0.05, 0.1) is 4.90 Å². The van der Waals surface area contributed by atoms with Crippen molar-refractivity contribution in [3.05, 3.63) is 29.8 Å². The summed E-state index contributed by atoms with van der Waals surface area (Å²) in [6.45, 7) is 2.07. The van der Waals surface area contributed by atoms with Crippen molar-refractivity contribution in [3.8, 4) is 0 Å². The lowest BCUT2D eigenvalue weighted by atomic mass is 10.2. The quantitative estimate of drug-likeness (QED) is 0.895. The largest absolute Gasteiger partial charge is 0.480 e. The van der Waals surface area contributed by atoms with E-state index in [2.05, 4.69) is 0 Å². The molecule has 0 amide bonds. The fraction of sp³-hybridized carbons (Fsp3) is 0.417. The van der Waals surface area contributed by atoms with Crippen molar-refractivity contribution >= 4 is 16.0 Å². The van der Waals surface area contributed by atoms with Gasteiger partial charge in [-0.2, -0.15) is 4.31 Å². The minimum Gasteiger partial charge on any atom is -0.480 e. The highest BCUT2D eigenvalue weighted by Crippen LogP contribution is 2.26. The molecule has 0 saturated carbocycles. The van der Waals surface area contributed by atoms with Gasteiger partial charge in [0, 0.05) is 6.54 Å². The van der Waals surface area contributed by atoms with Crippen LogP contribution in [-0.4, -0.2) is 36.4 Å². The molecule has 6 heteroatoms. The van der Waals surface area contributed by atoms with Crippen molar-refractivity contribution in [1.82, 2.24) is 4.31 Å². The van der Waals surface area contributed by atoms with Crippen LogP contribution in [0.5, 0.6) is 0 Å². The van der Waals surface area contributed by atoms with E-state index in [1.165, 1.54) is 6.07 Å². The Morgan fingerprint density at radius 3 is 2.78 bits per heavy atom. The molecule has 1 saturated heterocycles. The number of rotatable bonds is 3. The lowest BCUT2D eigenvalue weighted by molar-refractivity contribution is -0.140. The lowest BCUT2D eigenvalue weighted by Crippen LogP contribution is -2.40. The predicted octanol–water partition coefficient (Wildman–Crippen LogP) is 1.23. The standard InChI is InChI=1S/C12H15NO4S/c1-9-4-2-5-10(8-9)18(16,17)13-7-3-6-11(13)12(14)15/h2,4-5,8,11H,3,6-7H2,1H3,(H,14,15). The van der Waals surface area contributed by atoms with Crippen LogP contribution in [0.15, 0.2) is 29.2 Å². The van der Waals surface area contributed by atoms with Crippen LogP contribution in [0.25, 0.3) is 0 Å². The summed E-state index contributed by atoms with van der Waals surface area (Å²) in [7, 11) is -3.70. The molecule has 1 heterocycles. The van der Waals surface area contributed by atoms with E-state index in [9.17, 15) is 13.2 Å². The van der Waals surface area contributed by atoms with Crippen LogP contribution in [-0.2, 0) is 14.8 Å². The van der Waals surface area contributed by atoms with E-state index >= 15 is 0 Å². The molecule has 98 valence electrons. The Bertz CT molecular complexity index is 567. The van der Waals surface area contributed by atoms with Gasteiger partial charge in [-0.1, -0.05) is 12.1 Å². The fourth-order valence-corrected chi connectivity index (χ4v) is 3.94. The average molecular weight is 269 g/mol. The maximum atomic E-state index is 12.4. The number of nitrogens with zero attached hydrogens (tertiary/aromatic N) is 1. The molecular formula is C12H15NO4S. The van der Waals surface area contributed by atoms with Crippen molar-refractivity contribution < 1.29 is 18.3 Å². The highest BCUT2D eigenvalue weighted by atomic mass is 32.2. The highest BCUT2D eigenvalue weighted by Gasteiger charge is 2.39. The lowest BCUT2D eigenvalue weighted by Gasteiger charge is -2.21. The van der Waals surface area contributed by atoms with Gasteiger partial charge < -0.3 is 5.11 Å². The van der Waals surface area contributed by atoms with Gasteiger partial charge in [0.2, 0.25) is 10.0 Å². The molecule has 1 aromatic carbocycles. The molecule has 1 fully saturated rings. The van der Waals surface area contributed by atoms with Gasteiger partial charge in [-0.25, -0.2) is 8.42 Å². The summed E-state index contributed by atoms with van der Waals surface area (Å²) in [6.07, 6.45) is 0.961. The van der Waals surface area contributed by atoms with E-state index in [4.69, 9.17) is 5.11 Å². The molecule has 2 rings (SSSR count). The Labute approximate surface area is 106 Å². The first-order chi connectivity index (χ1) is 8.43. The SMILES string of the molecule is Cc1cccc(S(=O)(=O)N2CCCC2C(=O)O)c1. The third-order valence-corrected chi connectivity index (χ3v) is 4.99. The zero-order valence-corrected chi connectivity index (χ0v) is 10.9. The zero-order valence-electron chi connectivity index (χ0n) is 10.0. The molecule has 0 aromatic heterocycles. The molecule has 18 heavy (non-hydrogen) atoms. The Morgan fingerprint density at radius 1 is 1.44 bits per heavy atom. The van der Waals surface area contributed by atoms with Gasteiger partial charge in [-0.15, -0.1) is 0 Å². The molecule has 0 bridgehead atoms. The number of hydrogen-bond donors (Lipinski definition) is 1. The van der Waals surface area contributed by atoms with E-state index in [0.717, 1.165) is 9.87 Å². The summed E-state index contributed by atoms with van der Waals surface area (Å²) in [5.41, 5.74) is 0.835. The summed E-state index contributed by atoms with van der Waals surface area (Å²) >= 11 is 0. The molecule has 1 aliphatic heterocycles. The number of carboxylic acids is 1. The van der Waals surface area contributed by atoms with Gasteiger partial charge >= 0.3 is 5.97 Å². The Hall–Kier alpha value is -1.40. The van der Waals surface area contributed by atoms with Gasteiger partial charge in [0.25, 0.3) is 0 Å². The van der Waals surface area contributed by atoms with Crippen LogP contribution in [0.2, 0.25) is 0 Å². The van der Waals surface area contributed by atoms with Crippen molar-refractivity contribution in [2.24, 2.45) is 0 Å². The summed E-state index contributed by atoms with van der Waals surface area (Å²) in [4.78, 5) is 11.2. The first-order valence-electron chi connectivity index (χ1n) is 5.74. The molecule has 1 aliphatic rings. The number of aryl methyl sites for hydroxylation is 1. The van der Waals surface area contributed by atoms with E-state index < -0.39 is 22.0 Å². The van der Waals surface area contributed by atoms with E-state index in [1.54, 1.807) is 25.1 Å². The number of carboxylic acid groups (broad SMARTS) is 1. The minimum absolute atomic E-state index is 0.163. The first kappa shape index (κ1) is 13.0. The van der Waals surface area contributed by atoms with Crippen molar-refractivity contribution in [1.29, 1.82) is 0 Å². The highest BCUT2D eigenvalue weighted by molar-refractivity contribution is 7.89. The summed E-state index contributed by atoms with van der Waals surface area (Å²) in [6, 6.07) is 5.59. The van der Waals surface area contributed by atoms with Gasteiger partial charge in [-0.3, -0.25) is 4.79 Å². The minimum atomic E-state index is -3.70. The molecule has 0 spiro atoms. The molecule has 1 N–H and O–H groups in total. The van der Waals surface area contributed by atoms with Gasteiger partial charge in [-0.05, 0) is 37.5 Å². The van der Waals surface area contributed by atoms with E-state index in [1.807, 2.05) is 0 Å². The molecule has 1 unspecified atom stereocenters. The number of benzene rings is 1. The Morgan fingerprint density at radius 2 is 2.17 bits per heavy atom. The third-order valence-electron chi connectivity index (χ3n) is 3.08. The summed E-state index contributed by atoms with van der Waals surface area (Å²) < 4.78 is 25.8. The van der Waals surface area contributed by atoms with Gasteiger partial charge in [0.1, 0.15) is 6.04 Å². The second kappa shape index (κ2) is 4.70. The van der Waals surface area contributed by atoms with Crippen LogP contribution in [0.3, 0.4) is 0 Å².